The summed E-state index contributed by atoms with van der Waals surface area (Å²) in [5.74, 6) is -0.634. The van der Waals surface area contributed by atoms with E-state index in [0.717, 1.165) is 38.1 Å². The van der Waals surface area contributed by atoms with Crippen LogP contribution in [0.25, 0.3) is 0 Å². The van der Waals surface area contributed by atoms with Gasteiger partial charge in [0.05, 0.1) is 5.56 Å². The van der Waals surface area contributed by atoms with Crippen LogP contribution in [0.15, 0.2) is 36.5 Å². The Labute approximate surface area is 136 Å². The molecule has 3 rings (SSSR count). The normalized spacial score (nSPS) is 15.7. The molecule has 1 aromatic carbocycles. The Morgan fingerprint density at radius 1 is 1.08 bits per heavy atom. The summed E-state index contributed by atoms with van der Waals surface area (Å²) in [6, 6.07) is 6.71. The van der Waals surface area contributed by atoms with Crippen LogP contribution in [0.5, 0.6) is 11.6 Å². The second-order valence-corrected chi connectivity index (χ2v) is 5.70. The summed E-state index contributed by atoms with van der Waals surface area (Å²) < 4.78 is 57.4. The highest BCUT2D eigenvalue weighted by molar-refractivity contribution is 5.34. The first kappa shape index (κ1) is 16.7. The Balaban J connectivity index is 1.75. The fraction of sp³-hybridized carbons (Fsp3) is 0.353. The van der Waals surface area contributed by atoms with Crippen molar-refractivity contribution in [2.45, 2.75) is 25.6 Å². The average molecular weight is 340 g/mol. The lowest BCUT2D eigenvalue weighted by Crippen LogP contribution is -2.19. The van der Waals surface area contributed by atoms with E-state index in [1.54, 1.807) is 12.1 Å². The fourth-order valence-corrected chi connectivity index (χ4v) is 2.66. The maximum atomic E-state index is 14.5. The van der Waals surface area contributed by atoms with E-state index in [0.29, 0.717) is 18.3 Å². The van der Waals surface area contributed by atoms with Gasteiger partial charge in [0.25, 0.3) is 0 Å². The Morgan fingerprint density at radius 3 is 2.46 bits per heavy atom. The van der Waals surface area contributed by atoms with Gasteiger partial charge in [0.1, 0.15) is 0 Å². The molecule has 1 aliphatic rings. The van der Waals surface area contributed by atoms with Gasteiger partial charge in [-0.15, -0.1) is 0 Å². The van der Waals surface area contributed by atoms with Gasteiger partial charge in [-0.1, -0.05) is 12.1 Å². The number of benzene rings is 1. The molecule has 1 aliphatic heterocycles. The van der Waals surface area contributed by atoms with Gasteiger partial charge in [0.15, 0.2) is 11.6 Å². The molecule has 0 unspecified atom stereocenters. The predicted octanol–water partition coefficient (Wildman–Crippen LogP) is 4.63. The predicted molar refractivity (Wildman–Crippen MR) is 80.2 cm³/mol. The molecule has 0 bridgehead atoms. The molecule has 24 heavy (non-hydrogen) atoms. The zero-order valence-electron chi connectivity index (χ0n) is 12.8. The molecule has 0 amide bonds. The number of hydrogen-bond donors (Lipinski definition) is 0. The molecule has 0 saturated carbocycles. The highest BCUT2D eigenvalue weighted by atomic mass is 19.4. The SMILES string of the molecule is Fc1c(CN2CCCC2)cccc1Oc1ccc(C(F)(F)F)cn1. The van der Waals surface area contributed by atoms with Gasteiger partial charge >= 0.3 is 6.18 Å². The van der Waals surface area contributed by atoms with E-state index in [1.807, 2.05) is 0 Å². The largest absolute Gasteiger partial charge is 0.436 e. The van der Waals surface area contributed by atoms with Crippen LogP contribution >= 0.6 is 0 Å². The molecule has 0 N–H and O–H groups in total. The lowest BCUT2D eigenvalue weighted by molar-refractivity contribution is -0.137. The van der Waals surface area contributed by atoms with Gasteiger partial charge in [0.2, 0.25) is 5.88 Å². The average Bonchev–Trinajstić information content (AvgIpc) is 3.04. The van der Waals surface area contributed by atoms with Crippen LogP contribution < -0.4 is 4.74 Å². The fourth-order valence-electron chi connectivity index (χ4n) is 2.66. The third-order valence-electron chi connectivity index (χ3n) is 3.91. The number of pyridine rings is 1. The number of alkyl halides is 3. The Morgan fingerprint density at radius 2 is 1.83 bits per heavy atom. The maximum absolute atomic E-state index is 14.5. The molecule has 1 saturated heterocycles. The molecule has 3 nitrogen and oxygen atoms in total. The second-order valence-electron chi connectivity index (χ2n) is 5.70. The van der Waals surface area contributed by atoms with Crippen LogP contribution in [-0.4, -0.2) is 23.0 Å². The number of ether oxygens (including phenoxy) is 1. The summed E-state index contributed by atoms with van der Waals surface area (Å²) in [5, 5.41) is 0. The van der Waals surface area contributed by atoms with Crippen molar-refractivity contribution in [1.82, 2.24) is 9.88 Å². The monoisotopic (exact) mass is 340 g/mol. The molecular formula is C17H16F4N2O. The highest BCUT2D eigenvalue weighted by Gasteiger charge is 2.30. The van der Waals surface area contributed by atoms with Crippen LogP contribution in [0.2, 0.25) is 0 Å². The molecule has 2 heterocycles. The minimum atomic E-state index is -4.47. The number of aromatic nitrogens is 1. The molecule has 1 aromatic heterocycles. The van der Waals surface area contributed by atoms with Gasteiger partial charge in [-0.25, -0.2) is 9.37 Å². The van der Waals surface area contributed by atoms with Crippen molar-refractivity contribution in [3.8, 4) is 11.6 Å². The summed E-state index contributed by atoms with van der Waals surface area (Å²) in [7, 11) is 0. The Kier molecular flexibility index (Phi) is 4.71. The van der Waals surface area contributed by atoms with Crippen molar-refractivity contribution in [1.29, 1.82) is 0 Å². The first-order chi connectivity index (χ1) is 11.4. The molecule has 0 radical (unpaired) electrons. The van der Waals surface area contributed by atoms with E-state index in [9.17, 15) is 17.6 Å². The smallest absolute Gasteiger partial charge is 0.417 e. The zero-order chi connectivity index (χ0) is 17.2. The van der Waals surface area contributed by atoms with Crippen LogP contribution in [0, 0.1) is 5.82 Å². The first-order valence-corrected chi connectivity index (χ1v) is 7.64. The van der Waals surface area contributed by atoms with E-state index >= 15 is 0 Å². The Hall–Kier alpha value is -2.15. The van der Waals surface area contributed by atoms with Crippen LogP contribution in [-0.2, 0) is 12.7 Å². The van der Waals surface area contributed by atoms with Gasteiger partial charge in [-0.2, -0.15) is 13.2 Å². The summed E-state index contributed by atoms with van der Waals surface area (Å²) in [5.41, 5.74) is -0.376. The van der Waals surface area contributed by atoms with Gasteiger partial charge < -0.3 is 4.74 Å². The summed E-state index contributed by atoms with van der Waals surface area (Å²) in [6.07, 6.45) is -1.59. The Bertz CT molecular complexity index is 695. The van der Waals surface area contributed by atoms with Gasteiger partial charge in [-0.05, 0) is 38.1 Å². The third-order valence-corrected chi connectivity index (χ3v) is 3.91. The molecule has 0 atom stereocenters. The maximum Gasteiger partial charge on any atom is 0.417 e. The number of nitrogens with zero attached hydrogens (tertiary/aromatic N) is 2. The summed E-state index contributed by atoms with van der Waals surface area (Å²) >= 11 is 0. The topological polar surface area (TPSA) is 25.4 Å². The van der Waals surface area contributed by atoms with Crippen LogP contribution in [0.1, 0.15) is 24.0 Å². The van der Waals surface area contributed by atoms with Gasteiger partial charge in [-0.3, -0.25) is 4.90 Å². The second kappa shape index (κ2) is 6.76. The van der Waals surface area contributed by atoms with E-state index in [-0.39, 0.29) is 11.6 Å². The molecule has 0 aliphatic carbocycles. The van der Waals surface area contributed by atoms with Crippen molar-refractivity contribution in [2.75, 3.05) is 13.1 Å². The molecule has 7 heteroatoms. The number of likely N-dealkylation sites (tertiary alicyclic amines) is 1. The van der Waals surface area contributed by atoms with E-state index in [1.165, 1.54) is 6.07 Å². The highest BCUT2D eigenvalue weighted by Crippen LogP contribution is 2.31. The van der Waals surface area contributed by atoms with Crippen LogP contribution in [0.3, 0.4) is 0 Å². The summed E-state index contributed by atoms with van der Waals surface area (Å²) in [4.78, 5) is 5.75. The molecular weight excluding hydrogens is 324 g/mol. The molecule has 0 spiro atoms. The standard InChI is InChI=1S/C17H16F4N2O/c18-16-12(11-23-8-1-2-9-23)4-3-5-14(16)24-15-7-6-13(10-22-15)17(19,20)21/h3-7,10H,1-2,8-9,11H2. The quantitative estimate of drug-likeness (QED) is 0.759. The first-order valence-electron chi connectivity index (χ1n) is 7.64. The van der Waals surface area contributed by atoms with Crippen molar-refractivity contribution in [3.63, 3.8) is 0 Å². The number of hydrogen-bond acceptors (Lipinski definition) is 3. The zero-order valence-corrected chi connectivity index (χ0v) is 12.8. The van der Waals surface area contributed by atoms with Gasteiger partial charge in [0, 0.05) is 24.4 Å². The van der Waals surface area contributed by atoms with Crippen molar-refractivity contribution in [3.05, 3.63) is 53.5 Å². The van der Waals surface area contributed by atoms with E-state index < -0.39 is 17.6 Å². The van der Waals surface area contributed by atoms with Crippen molar-refractivity contribution in [2.24, 2.45) is 0 Å². The number of rotatable bonds is 4. The van der Waals surface area contributed by atoms with Crippen LogP contribution in [0.4, 0.5) is 17.6 Å². The lowest BCUT2D eigenvalue weighted by Gasteiger charge is -2.16. The molecule has 1 fully saturated rings. The lowest BCUT2D eigenvalue weighted by atomic mass is 10.2. The van der Waals surface area contributed by atoms with Crippen molar-refractivity contribution >= 4 is 0 Å². The summed E-state index contributed by atoms with van der Waals surface area (Å²) in [6.45, 7) is 2.36. The third kappa shape index (κ3) is 3.84. The van der Waals surface area contributed by atoms with E-state index in [4.69, 9.17) is 4.74 Å². The molecule has 2 aromatic rings. The number of halogens is 4. The minimum Gasteiger partial charge on any atom is -0.436 e. The van der Waals surface area contributed by atoms with E-state index in [2.05, 4.69) is 9.88 Å². The molecule has 128 valence electrons. The minimum absolute atomic E-state index is 0.0426. The van der Waals surface area contributed by atoms with Crippen molar-refractivity contribution < 1.29 is 22.3 Å².